The quantitative estimate of drug-likeness (QED) is 0.149. The molecule has 8 rings (SSSR count). The molecule has 2 heterocycles. The summed E-state index contributed by atoms with van der Waals surface area (Å²) in [6.45, 7) is 7.14. The van der Waals surface area contributed by atoms with E-state index in [0.29, 0.717) is 6.54 Å². The van der Waals surface area contributed by atoms with E-state index in [2.05, 4.69) is 208 Å². The molecule has 0 unspecified atom stereocenters. The average molecular weight is 690 g/mol. The minimum atomic E-state index is -0.656. The lowest BCUT2D eigenvalue weighted by atomic mass is 9.61. The van der Waals surface area contributed by atoms with Crippen molar-refractivity contribution in [2.24, 2.45) is 0 Å². The number of benzene rings is 6. The summed E-state index contributed by atoms with van der Waals surface area (Å²) in [5.41, 5.74) is 10.7. The second-order valence-electron chi connectivity index (χ2n) is 13.4. The Balaban J connectivity index is 1.33. The Hall–Kier alpha value is -6.32. The van der Waals surface area contributed by atoms with Crippen LogP contribution < -0.4 is 14.4 Å². The van der Waals surface area contributed by atoms with Crippen LogP contribution in [0.2, 0.25) is 0 Å². The van der Waals surface area contributed by atoms with Gasteiger partial charge in [0.1, 0.15) is 17.2 Å². The lowest BCUT2D eigenvalue weighted by Crippen LogP contribution is -2.40. The Morgan fingerprint density at radius 2 is 1.11 bits per heavy atom. The van der Waals surface area contributed by atoms with Gasteiger partial charge in [0.15, 0.2) is 5.76 Å². The van der Waals surface area contributed by atoms with Gasteiger partial charge in [-0.05, 0) is 72.9 Å². The van der Waals surface area contributed by atoms with Crippen molar-refractivity contribution in [1.82, 2.24) is 0 Å². The number of fused-ring (bicyclic) bond motifs is 6. The predicted octanol–water partition coefficient (Wildman–Crippen LogP) is 12.9. The second kappa shape index (κ2) is 14.7. The third-order valence-electron chi connectivity index (χ3n) is 10.4. The van der Waals surface area contributed by atoms with Gasteiger partial charge in [-0.1, -0.05) is 159 Å². The van der Waals surface area contributed by atoms with Crippen LogP contribution in [0.3, 0.4) is 0 Å². The summed E-state index contributed by atoms with van der Waals surface area (Å²) >= 11 is 0. The van der Waals surface area contributed by atoms with Crippen LogP contribution in [0.15, 0.2) is 199 Å². The number of hydrogen-bond acceptors (Lipinski definition) is 3. The first-order valence-electron chi connectivity index (χ1n) is 18.5. The van der Waals surface area contributed by atoms with Gasteiger partial charge in [0.05, 0.1) is 11.1 Å². The number of rotatable bonds is 8. The van der Waals surface area contributed by atoms with Crippen molar-refractivity contribution < 1.29 is 9.47 Å². The van der Waals surface area contributed by atoms with Gasteiger partial charge in [0, 0.05) is 34.5 Å². The Labute approximate surface area is 313 Å². The van der Waals surface area contributed by atoms with E-state index >= 15 is 0 Å². The van der Waals surface area contributed by atoms with E-state index in [1.165, 1.54) is 22.3 Å². The van der Waals surface area contributed by atoms with Crippen molar-refractivity contribution in [3.8, 4) is 28.4 Å². The molecule has 0 radical (unpaired) electrons. The van der Waals surface area contributed by atoms with E-state index in [4.69, 9.17) is 9.47 Å². The Kier molecular flexibility index (Phi) is 9.40. The zero-order valence-electron chi connectivity index (χ0n) is 30.5. The van der Waals surface area contributed by atoms with Gasteiger partial charge in [-0.15, -0.1) is 0 Å². The van der Waals surface area contributed by atoms with Gasteiger partial charge in [-0.3, -0.25) is 0 Å². The molecule has 6 aromatic rings. The molecular weight excluding hydrogens is 647 g/mol. The van der Waals surface area contributed by atoms with Crippen LogP contribution in [0, 0.1) is 0 Å². The maximum atomic E-state index is 7.12. The second-order valence-corrected chi connectivity index (χ2v) is 13.4. The molecule has 0 saturated carbocycles. The number of anilines is 1. The normalized spacial score (nSPS) is 16.0. The van der Waals surface area contributed by atoms with Crippen molar-refractivity contribution in [2.45, 2.75) is 32.6 Å². The highest BCUT2D eigenvalue weighted by Crippen LogP contribution is 2.61. The molecule has 0 N–H and O–H groups in total. The molecule has 1 spiro atoms. The molecule has 0 amide bonds. The van der Waals surface area contributed by atoms with E-state index in [0.717, 1.165) is 63.1 Å². The van der Waals surface area contributed by atoms with Crippen LogP contribution in [0.1, 0.15) is 49.4 Å². The summed E-state index contributed by atoms with van der Waals surface area (Å²) in [4.78, 5) is 2.38. The Morgan fingerprint density at radius 1 is 0.604 bits per heavy atom. The van der Waals surface area contributed by atoms with Crippen LogP contribution in [0.4, 0.5) is 5.69 Å². The van der Waals surface area contributed by atoms with E-state index in [1.807, 2.05) is 0 Å². The van der Waals surface area contributed by atoms with Gasteiger partial charge in [0.25, 0.3) is 0 Å². The first kappa shape index (κ1) is 33.8. The van der Waals surface area contributed by atoms with Crippen molar-refractivity contribution in [2.75, 3.05) is 11.4 Å². The van der Waals surface area contributed by atoms with E-state index in [9.17, 15) is 0 Å². The highest BCUT2D eigenvalue weighted by molar-refractivity contribution is 5.77. The summed E-state index contributed by atoms with van der Waals surface area (Å²) < 4.78 is 13.7. The van der Waals surface area contributed by atoms with Crippen LogP contribution in [-0.4, -0.2) is 6.54 Å². The standard InChI is InChI=1S/C50H43NO2/c1-4-19-45-49(53-48-30-17-14-27-44(48)50(45)42-25-12-15-28-46(42)52-47-29-16-13-26-43(47)50)36(3)51(35-18-24-37(5-2)38-20-8-6-9-21-38)41-33-31-40(32-34-41)39-22-10-7-11-23-39/h5-34H,4,35H2,1-3H3/b24-18-,37-5+,45-19+,49-36-. The highest BCUT2D eigenvalue weighted by Gasteiger charge is 2.52. The maximum Gasteiger partial charge on any atom is 0.151 e. The van der Waals surface area contributed by atoms with Crippen LogP contribution in [-0.2, 0) is 5.41 Å². The SMILES string of the molecule is C/C=C(\C=C/CN(/C(C)=C1\Oc2ccccc2C2(\C1=C\CC)c1ccccc1Oc1ccccc12)c1ccc(-c2ccccc2)cc1)c1ccccc1. The molecule has 0 aliphatic carbocycles. The van der Waals surface area contributed by atoms with E-state index in [-0.39, 0.29) is 0 Å². The topological polar surface area (TPSA) is 21.7 Å². The summed E-state index contributed by atoms with van der Waals surface area (Å²) in [5.74, 6) is 3.42. The summed E-state index contributed by atoms with van der Waals surface area (Å²) in [6.07, 6.45) is 9.84. The third kappa shape index (κ3) is 6.08. The molecule has 6 aromatic carbocycles. The number of ether oxygens (including phenoxy) is 2. The fourth-order valence-corrected chi connectivity index (χ4v) is 7.94. The number of para-hydroxylation sites is 3. The van der Waals surface area contributed by atoms with E-state index in [1.54, 1.807) is 0 Å². The molecule has 53 heavy (non-hydrogen) atoms. The van der Waals surface area contributed by atoms with Crippen molar-refractivity contribution >= 4 is 11.3 Å². The fraction of sp³-hybridized carbons (Fsp3) is 0.120. The lowest BCUT2D eigenvalue weighted by molar-refractivity contribution is 0.362. The molecule has 0 fully saturated rings. The molecule has 3 nitrogen and oxygen atoms in total. The largest absolute Gasteiger partial charge is 0.457 e. The van der Waals surface area contributed by atoms with Gasteiger partial charge in [-0.2, -0.15) is 0 Å². The number of nitrogens with zero attached hydrogens (tertiary/aromatic N) is 1. The molecular formula is C50H43NO2. The minimum absolute atomic E-state index is 0.637. The van der Waals surface area contributed by atoms with Gasteiger partial charge < -0.3 is 14.4 Å². The number of allylic oxidation sites excluding steroid dienone is 6. The van der Waals surface area contributed by atoms with Gasteiger partial charge in [0.2, 0.25) is 0 Å². The predicted molar refractivity (Wildman–Crippen MR) is 219 cm³/mol. The Bertz CT molecular complexity index is 2320. The zero-order valence-corrected chi connectivity index (χ0v) is 30.5. The molecule has 3 heteroatoms. The third-order valence-corrected chi connectivity index (χ3v) is 10.4. The van der Waals surface area contributed by atoms with Crippen LogP contribution >= 0.6 is 0 Å². The molecule has 0 saturated heterocycles. The summed E-state index contributed by atoms with van der Waals surface area (Å²) in [6, 6.07) is 55.4. The van der Waals surface area contributed by atoms with Gasteiger partial charge in [-0.25, -0.2) is 0 Å². The molecule has 260 valence electrons. The highest BCUT2D eigenvalue weighted by atomic mass is 16.5. The van der Waals surface area contributed by atoms with Crippen molar-refractivity contribution in [3.63, 3.8) is 0 Å². The molecule has 2 aliphatic rings. The van der Waals surface area contributed by atoms with Crippen LogP contribution in [0.5, 0.6) is 17.2 Å². The minimum Gasteiger partial charge on any atom is -0.457 e. The molecule has 2 aliphatic heterocycles. The summed E-state index contributed by atoms with van der Waals surface area (Å²) in [7, 11) is 0. The Morgan fingerprint density at radius 3 is 1.68 bits per heavy atom. The molecule has 0 atom stereocenters. The summed E-state index contributed by atoms with van der Waals surface area (Å²) in [5, 5.41) is 0. The van der Waals surface area contributed by atoms with Crippen molar-refractivity contribution in [1.29, 1.82) is 0 Å². The fourth-order valence-electron chi connectivity index (χ4n) is 7.94. The molecule has 0 bridgehead atoms. The zero-order chi connectivity index (χ0) is 36.2. The maximum absolute atomic E-state index is 7.12. The first-order chi connectivity index (χ1) is 26.1. The number of hydrogen-bond donors (Lipinski definition) is 0. The smallest absolute Gasteiger partial charge is 0.151 e. The first-order valence-corrected chi connectivity index (χ1v) is 18.5. The van der Waals surface area contributed by atoms with Crippen molar-refractivity contribution in [3.05, 3.63) is 221 Å². The van der Waals surface area contributed by atoms with Crippen LogP contribution in [0.25, 0.3) is 16.7 Å². The van der Waals surface area contributed by atoms with Gasteiger partial charge >= 0.3 is 0 Å². The monoisotopic (exact) mass is 689 g/mol. The lowest BCUT2D eigenvalue weighted by Gasteiger charge is -2.47. The molecule has 0 aromatic heterocycles. The van der Waals surface area contributed by atoms with E-state index < -0.39 is 5.41 Å². The average Bonchev–Trinajstić information content (AvgIpc) is 3.22.